The predicted octanol–water partition coefficient (Wildman–Crippen LogP) is 4.06. The zero-order valence-electron chi connectivity index (χ0n) is 14.9. The highest BCUT2D eigenvalue weighted by atomic mass is 19.1. The highest BCUT2D eigenvalue weighted by Crippen LogP contribution is 2.29. The van der Waals surface area contributed by atoms with Crippen LogP contribution in [0, 0.1) is 15.9 Å². The van der Waals surface area contributed by atoms with E-state index in [1.807, 2.05) is 6.08 Å². The summed E-state index contributed by atoms with van der Waals surface area (Å²) in [6.45, 7) is 0.970. The lowest BCUT2D eigenvalue weighted by atomic mass is 10.00. The fourth-order valence-electron chi connectivity index (χ4n) is 3.10. The summed E-state index contributed by atoms with van der Waals surface area (Å²) < 4.78 is 18.7. The van der Waals surface area contributed by atoms with Gasteiger partial charge in [-0.25, -0.2) is 4.39 Å². The number of carbonyl (C=O) groups is 1. The molecule has 0 saturated carbocycles. The van der Waals surface area contributed by atoms with Crippen LogP contribution in [0.2, 0.25) is 0 Å². The van der Waals surface area contributed by atoms with Gasteiger partial charge >= 0.3 is 5.69 Å². The molecule has 0 aliphatic carbocycles. The standard InChI is InChI=1S/C20H19FN2O4/c1-27-19-7-6-16(13-18(19)23(25)26)20(24)22-10-8-14(9-11-22)12-15-4-2-3-5-17(15)21/h2-7,12-13H,8-11H2,1H3. The molecule has 0 atom stereocenters. The zero-order chi connectivity index (χ0) is 19.4. The van der Waals surface area contributed by atoms with Crippen molar-refractivity contribution in [1.82, 2.24) is 4.90 Å². The van der Waals surface area contributed by atoms with Crippen LogP contribution in [0.15, 0.2) is 48.0 Å². The first-order chi connectivity index (χ1) is 13.0. The molecule has 27 heavy (non-hydrogen) atoms. The Hall–Kier alpha value is -3.22. The van der Waals surface area contributed by atoms with Crippen molar-refractivity contribution < 1.29 is 18.8 Å². The molecule has 1 saturated heterocycles. The normalized spacial score (nSPS) is 14.0. The summed E-state index contributed by atoms with van der Waals surface area (Å²) in [5, 5.41) is 11.1. The van der Waals surface area contributed by atoms with Crippen molar-refractivity contribution in [2.75, 3.05) is 20.2 Å². The molecule has 0 N–H and O–H groups in total. The number of hydrogen-bond acceptors (Lipinski definition) is 4. The maximum Gasteiger partial charge on any atom is 0.311 e. The Morgan fingerprint density at radius 3 is 2.56 bits per heavy atom. The van der Waals surface area contributed by atoms with Crippen LogP contribution >= 0.6 is 0 Å². The third kappa shape index (κ3) is 4.13. The van der Waals surface area contributed by atoms with Gasteiger partial charge in [-0.05, 0) is 31.0 Å². The fraction of sp³-hybridized carbons (Fsp3) is 0.250. The summed E-state index contributed by atoms with van der Waals surface area (Å²) in [7, 11) is 1.35. The first kappa shape index (κ1) is 18.6. The predicted molar refractivity (Wildman–Crippen MR) is 99.2 cm³/mol. The molecule has 0 aromatic heterocycles. The third-order valence-electron chi connectivity index (χ3n) is 4.58. The summed E-state index contributed by atoms with van der Waals surface area (Å²) in [5.74, 6) is -0.412. The van der Waals surface area contributed by atoms with E-state index in [2.05, 4.69) is 0 Å². The van der Waals surface area contributed by atoms with Gasteiger partial charge in [-0.15, -0.1) is 0 Å². The lowest BCUT2D eigenvalue weighted by Gasteiger charge is -2.28. The first-order valence-corrected chi connectivity index (χ1v) is 8.55. The topological polar surface area (TPSA) is 72.7 Å². The van der Waals surface area contributed by atoms with E-state index in [1.165, 1.54) is 31.4 Å². The van der Waals surface area contributed by atoms with Gasteiger partial charge in [-0.3, -0.25) is 14.9 Å². The minimum Gasteiger partial charge on any atom is -0.490 e. The van der Waals surface area contributed by atoms with Gasteiger partial charge in [-0.1, -0.05) is 29.8 Å². The Kier molecular flexibility index (Phi) is 5.49. The molecule has 140 valence electrons. The third-order valence-corrected chi connectivity index (χ3v) is 4.58. The van der Waals surface area contributed by atoms with E-state index >= 15 is 0 Å². The van der Waals surface area contributed by atoms with Crippen LogP contribution in [-0.4, -0.2) is 35.9 Å². The number of methoxy groups -OCH3 is 1. The smallest absolute Gasteiger partial charge is 0.311 e. The van der Waals surface area contributed by atoms with Crippen LogP contribution in [0.3, 0.4) is 0 Å². The van der Waals surface area contributed by atoms with E-state index in [1.54, 1.807) is 23.1 Å². The second-order valence-corrected chi connectivity index (χ2v) is 6.26. The van der Waals surface area contributed by atoms with Gasteiger partial charge in [0.1, 0.15) is 5.82 Å². The maximum atomic E-state index is 13.8. The van der Waals surface area contributed by atoms with E-state index < -0.39 is 4.92 Å². The second-order valence-electron chi connectivity index (χ2n) is 6.26. The van der Waals surface area contributed by atoms with Crippen LogP contribution < -0.4 is 4.74 Å². The number of nitro benzene ring substituents is 1. The molecule has 2 aromatic carbocycles. The monoisotopic (exact) mass is 370 g/mol. The summed E-state index contributed by atoms with van der Waals surface area (Å²) >= 11 is 0. The lowest BCUT2D eigenvalue weighted by molar-refractivity contribution is -0.385. The van der Waals surface area contributed by atoms with Gasteiger partial charge in [0.2, 0.25) is 0 Å². The molecule has 1 fully saturated rings. The van der Waals surface area contributed by atoms with Crippen molar-refractivity contribution in [2.45, 2.75) is 12.8 Å². The highest BCUT2D eigenvalue weighted by Gasteiger charge is 2.24. The number of piperidine rings is 1. The van der Waals surface area contributed by atoms with Crippen LogP contribution in [0.4, 0.5) is 10.1 Å². The number of carbonyl (C=O) groups excluding carboxylic acids is 1. The first-order valence-electron chi connectivity index (χ1n) is 8.55. The van der Waals surface area contributed by atoms with Gasteiger partial charge in [0.15, 0.2) is 5.75 Å². The molecule has 7 heteroatoms. The van der Waals surface area contributed by atoms with Gasteiger partial charge in [0, 0.05) is 30.3 Å². The van der Waals surface area contributed by atoms with E-state index in [9.17, 15) is 19.3 Å². The summed E-state index contributed by atoms with van der Waals surface area (Å²) in [6.07, 6.45) is 3.10. The number of amides is 1. The minimum absolute atomic E-state index is 0.116. The number of nitrogens with zero attached hydrogens (tertiary/aromatic N) is 2. The average molecular weight is 370 g/mol. The fourth-order valence-corrected chi connectivity index (χ4v) is 3.10. The molecular weight excluding hydrogens is 351 g/mol. The molecule has 1 aliphatic rings. The summed E-state index contributed by atoms with van der Waals surface area (Å²) in [6, 6.07) is 10.8. The molecule has 1 aliphatic heterocycles. The van der Waals surface area contributed by atoms with Crippen molar-refractivity contribution in [1.29, 1.82) is 0 Å². The summed E-state index contributed by atoms with van der Waals surface area (Å²) in [4.78, 5) is 24.9. The molecule has 3 rings (SSSR count). The molecule has 0 radical (unpaired) electrons. The van der Waals surface area contributed by atoms with Crippen molar-refractivity contribution in [2.24, 2.45) is 0 Å². The molecule has 0 spiro atoms. The van der Waals surface area contributed by atoms with Crippen molar-refractivity contribution in [3.05, 3.63) is 75.1 Å². The van der Waals surface area contributed by atoms with Gasteiger partial charge in [0.05, 0.1) is 12.0 Å². The summed E-state index contributed by atoms with van der Waals surface area (Å²) in [5.41, 5.74) is 1.63. The molecule has 6 nitrogen and oxygen atoms in total. The van der Waals surface area contributed by atoms with E-state index in [4.69, 9.17) is 4.74 Å². The molecule has 1 heterocycles. The number of hydrogen-bond donors (Lipinski definition) is 0. The quantitative estimate of drug-likeness (QED) is 0.601. The lowest BCUT2D eigenvalue weighted by Crippen LogP contribution is -2.36. The second kappa shape index (κ2) is 7.99. The number of ether oxygens (including phenoxy) is 1. The van der Waals surface area contributed by atoms with Crippen molar-refractivity contribution in [3.8, 4) is 5.75 Å². The average Bonchev–Trinajstić information content (AvgIpc) is 2.69. The van der Waals surface area contributed by atoms with Crippen molar-refractivity contribution in [3.63, 3.8) is 0 Å². The van der Waals surface area contributed by atoms with E-state index in [-0.39, 0.29) is 28.7 Å². The Labute approximate surface area is 156 Å². The Balaban J connectivity index is 1.71. The molecule has 0 bridgehead atoms. The Morgan fingerprint density at radius 2 is 1.93 bits per heavy atom. The van der Waals surface area contributed by atoms with Crippen LogP contribution in [0.5, 0.6) is 5.75 Å². The van der Waals surface area contributed by atoms with E-state index in [0.717, 1.165) is 5.57 Å². The highest BCUT2D eigenvalue weighted by molar-refractivity contribution is 5.95. The molecule has 1 amide bonds. The number of nitro groups is 1. The van der Waals surface area contributed by atoms with E-state index in [0.29, 0.717) is 31.5 Å². The Morgan fingerprint density at radius 1 is 1.22 bits per heavy atom. The molecule has 0 unspecified atom stereocenters. The Bertz CT molecular complexity index is 901. The minimum atomic E-state index is -0.568. The SMILES string of the molecule is COc1ccc(C(=O)N2CCC(=Cc3ccccc3F)CC2)cc1[N+](=O)[O-]. The molecular formula is C20H19FN2O4. The number of rotatable bonds is 4. The van der Waals surface area contributed by atoms with Gasteiger partial charge < -0.3 is 9.64 Å². The van der Waals surface area contributed by atoms with Gasteiger partial charge in [0.25, 0.3) is 5.91 Å². The van der Waals surface area contributed by atoms with Crippen molar-refractivity contribution >= 4 is 17.7 Å². The molecule has 2 aromatic rings. The van der Waals surface area contributed by atoms with Gasteiger partial charge in [-0.2, -0.15) is 0 Å². The van der Waals surface area contributed by atoms with Crippen LogP contribution in [0.1, 0.15) is 28.8 Å². The van der Waals surface area contributed by atoms with Crippen LogP contribution in [-0.2, 0) is 0 Å². The number of likely N-dealkylation sites (tertiary alicyclic amines) is 1. The zero-order valence-corrected chi connectivity index (χ0v) is 14.9. The largest absolute Gasteiger partial charge is 0.490 e. The maximum absolute atomic E-state index is 13.8. The van der Waals surface area contributed by atoms with Crippen LogP contribution in [0.25, 0.3) is 6.08 Å². The number of halogens is 1. The number of benzene rings is 2.